The number of pyridine rings is 1. The molecule has 0 radical (unpaired) electrons. The first-order valence-corrected chi connectivity index (χ1v) is 10.2. The van der Waals surface area contributed by atoms with Crippen LogP contribution in [0.4, 0.5) is 11.8 Å². The van der Waals surface area contributed by atoms with E-state index in [1.54, 1.807) is 12.4 Å². The second kappa shape index (κ2) is 11.1. The summed E-state index contributed by atoms with van der Waals surface area (Å²) in [6.07, 6.45) is 14.8. The van der Waals surface area contributed by atoms with E-state index in [0.717, 1.165) is 36.5 Å². The number of anilines is 2. The first-order chi connectivity index (χ1) is 14.6. The number of amides is 1. The van der Waals surface area contributed by atoms with Gasteiger partial charge >= 0.3 is 0 Å². The molecular weight excluding hydrogens is 400 g/mol. The Kier molecular flexibility index (Phi) is 7.97. The fourth-order valence-corrected chi connectivity index (χ4v) is 3.03. The molecule has 0 aliphatic heterocycles. The van der Waals surface area contributed by atoms with Crippen LogP contribution in [0.15, 0.2) is 66.0 Å². The number of halogens is 1. The third-order valence-electron chi connectivity index (χ3n) is 4.34. The van der Waals surface area contributed by atoms with E-state index in [2.05, 4.69) is 30.9 Å². The van der Waals surface area contributed by atoms with Crippen molar-refractivity contribution in [3.63, 3.8) is 0 Å². The normalized spacial score (nSPS) is 15.3. The number of nitrogens with zero attached hydrogens (tertiary/aromatic N) is 3. The van der Waals surface area contributed by atoms with Crippen LogP contribution in [0, 0.1) is 0 Å². The summed E-state index contributed by atoms with van der Waals surface area (Å²) in [5, 5.41) is 10.1. The standard InChI is InChI=1S/C22H25ClN6O/c1-16(30)24-12-2-3-13-25-21-19(8-5-14-26-21)20-11-15-27-22(29-20)28-18-7-4-6-17(23)9-10-18/h4-11,14-15,18H,2-3,12-13H2,1H3,(H,24,30)(H,25,26)(H,27,28,29). The Morgan fingerprint density at radius 1 is 1.13 bits per heavy atom. The van der Waals surface area contributed by atoms with Crippen molar-refractivity contribution in [1.29, 1.82) is 0 Å². The molecule has 0 bridgehead atoms. The van der Waals surface area contributed by atoms with Crippen LogP contribution in [0.1, 0.15) is 19.8 Å². The van der Waals surface area contributed by atoms with Gasteiger partial charge in [-0.2, -0.15) is 0 Å². The molecule has 3 N–H and O–H groups in total. The van der Waals surface area contributed by atoms with Crippen molar-refractivity contribution in [2.75, 3.05) is 23.7 Å². The Labute approximate surface area is 181 Å². The minimum Gasteiger partial charge on any atom is -0.370 e. The number of hydrogen-bond acceptors (Lipinski definition) is 6. The molecule has 0 aromatic carbocycles. The fraction of sp³-hybridized carbons (Fsp3) is 0.273. The van der Waals surface area contributed by atoms with Crippen LogP contribution < -0.4 is 16.0 Å². The first kappa shape index (κ1) is 21.5. The van der Waals surface area contributed by atoms with Gasteiger partial charge < -0.3 is 16.0 Å². The molecule has 2 heterocycles. The van der Waals surface area contributed by atoms with Gasteiger partial charge in [0.2, 0.25) is 11.9 Å². The smallest absolute Gasteiger partial charge is 0.223 e. The van der Waals surface area contributed by atoms with Gasteiger partial charge in [0.05, 0.1) is 11.7 Å². The van der Waals surface area contributed by atoms with Gasteiger partial charge in [0.15, 0.2) is 0 Å². The van der Waals surface area contributed by atoms with Gasteiger partial charge in [-0.05, 0) is 43.2 Å². The van der Waals surface area contributed by atoms with Gasteiger partial charge in [0.25, 0.3) is 0 Å². The molecule has 0 saturated heterocycles. The third-order valence-corrected chi connectivity index (χ3v) is 4.59. The molecule has 8 heteroatoms. The SMILES string of the molecule is CC(=O)NCCCCNc1ncccc1-c1ccnc(NC2C=CC=C(Cl)C=C2)n1. The van der Waals surface area contributed by atoms with Crippen LogP contribution >= 0.6 is 11.6 Å². The molecule has 0 saturated carbocycles. The molecule has 1 aliphatic carbocycles. The Bertz CT molecular complexity index is 956. The Morgan fingerprint density at radius 2 is 2.00 bits per heavy atom. The number of rotatable bonds is 9. The van der Waals surface area contributed by atoms with Crippen LogP contribution in [0.25, 0.3) is 11.3 Å². The van der Waals surface area contributed by atoms with Crippen molar-refractivity contribution in [2.45, 2.75) is 25.8 Å². The highest BCUT2D eigenvalue weighted by Gasteiger charge is 2.10. The molecule has 2 aromatic heterocycles. The van der Waals surface area contributed by atoms with Crippen molar-refractivity contribution in [3.05, 3.63) is 66.0 Å². The molecule has 0 fully saturated rings. The van der Waals surface area contributed by atoms with Gasteiger partial charge in [0, 0.05) is 43.0 Å². The van der Waals surface area contributed by atoms with Crippen LogP contribution in [0.2, 0.25) is 0 Å². The van der Waals surface area contributed by atoms with Gasteiger partial charge in [-0.1, -0.05) is 29.8 Å². The lowest BCUT2D eigenvalue weighted by atomic mass is 10.1. The summed E-state index contributed by atoms with van der Waals surface area (Å²) in [6, 6.07) is 5.68. The largest absolute Gasteiger partial charge is 0.370 e. The Hall–Kier alpha value is -3.19. The average Bonchev–Trinajstić information content (AvgIpc) is 2.95. The average molecular weight is 425 g/mol. The minimum absolute atomic E-state index is 0.00246. The zero-order chi connectivity index (χ0) is 21.2. The summed E-state index contributed by atoms with van der Waals surface area (Å²) < 4.78 is 0. The monoisotopic (exact) mass is 424 g/mol. The van der Waals surface area contributed by atoms with E-state index >= 15 is 0 Å². The highest BCUT2D eigenvalue weighted by molar-refractivity contribution is 6.31. The maximum Gasteiger partial charge on any atom is 0.223 e. The number of unbranched alkanes of at least 4 members (excludes halogenated alkanes) is 1. The third kappa shape index (κ3) is 6.70. The lowest BCUT2D eigenvalue weighted by molar-refractivity contribution is -0.118. The maximum absolute atomic E-state index is 10.9. The van der Waals surface area contributed by atoms with E-state index in [-0.39, 0.29) is 11.9 Å². The van der Waals surface area contributed by atoms with Crippen LogP contribution in [-0.4, -0.2) is 40.0 Å². The van der Waals surface area contributed by atoms with Crippen molar-refractivity contribution >= 4 is 29.3 Å². The van der Waals surface area contributed by atoms with Crippen LogP contribution in [0.3, 0.4) is 0 Å². The van der Waals surface area contributed by atoms with E-state index in [1.165, 1.54) is 6.92 Å². The number of hydrogen-bond donors (Lipinski definition) is 3. The highest BCUT2D eigenvalue weighted by Crippen LogP contribution is 2.25. The van der Waals surface area contributed by atoms with Gasteiger partial charge in [-0.3, -0.25) is 4.79 Å². The van der Waals surface area contributed by atoms with Crippen LogP contribution in [0.5, 0.6) is 0 Å². The van der Waals surface area contributed by atoms with Gasteiger partial charge in [-0.25, -0.2) is 15.0 Å². The minimum atomic E-state index is -0.0529. The van der Waals surface area contributed by atoms with E-state index in [4.69, 9.17) is 11.6 Å². The summed E-state index contributed by atoms with van der Waals surface area (Å²) in [5.74, 6) is 1.29. The predicted molar refractivity (Wildman–Crippen MR) is 121 cm³/mol. The molecule has 1 amide bonds. The molecule has 2 aromatic rings. The first-order valence-electron chi connectivity index (χ1n) is 9.87. The lowest BCUT2D eigenvalue weighted by Crippen LogP contribution is -2.21. The topological polar surface area (TPSA) is 91.8 Å². The second-order valence-corrected chi connectivity index (χ2v) is 7.18. The molecule has 3 rings (SSSR count). The summed E-state index contributed by atoms with van der Waals surface area (Å²) in [7, 11) is 0. The maximum atomic E-state index is 10.9. The molecule has 1 atom stereocenters. The quantitative estimate of drug-likeness (QED) is 0.529. The molecule has 0 spiro atoms. The molecule has 1 aliphatic rings. The van der Waals surface area contributed by atoms with Crippen molar-refractivity contribution in [2.24, 2.45) is 0 Å². The Morgan fingerprint density at radius 3 is 2.87 bits per heavy atom. The molecular formula is C22H25ClN6O. The van der Waals surface area contributed by atoms with Crippen molar-refractivity contribution in [1.82, 2.24) is 20.3 Å². The second-order valence-electron chi connectivity index (χ2n) is 6.75. The van der Waals surface area contributed by atoms with E-state index in [1.807, 2.05) is 48.6 Å². The predicted octanol–water partition coefficient (Wildman–Crippen LogP) is 3.90. The zero-order valence-corrected chi connectivity index (χ0v) is 17.6. The number of allylic oxidation sites excluding steroid dienone is 4. The van der Waals surface area contributed by atoms with E-state index in [9.17, 15) is 4.79 Å². The van der Waals surface area contributed by atoms with Gasteiger partial charge in [0.1, 0.15) is 5.82 Å². The number of carbonyl (C=O) groups is 1. The molecule has 30 heavy (non-hydrogen) atoms. The molecule has 156 valence electrons. The zero-order valence-electron chi connectivity index (χ0n) is 16.8. The molecule has 7 nitrogen and oxygen atoms in total. The number of nitrogens with one attached hydrogen (secondary N) is 3. The lowest BCUT2D eigenvalue weighted by Gasteiger charge is -2.13. The molecule has 1 unspecified atom stereocenters. The summed E-state index contributed by atoms with van der Waals surface area (Å²) in [6.45, 7) is 2.96. The van der Waals surface area contributed by atoms with E-state index < -0.39 is 0 Å². The van der Waals surface area contributed by atoms with Crippen LogP contribution in [-0.2, 0) is 4.79 Å². The Balaban J connectivity index is 1.64. The summed E-state index contributed by atoms with van der Waals surface area (Å²) in [5.41, 5.74) is 1.68. The van der Waals surface area contributed by atoms with Crippen molar-refractivity contribution < 1.29 is 4.79 Å². The summed E-state index contributed by atoms with van der Waals surface area (Å²) in [4.78, 5) is 24.4. The van der Waals surface area contributed by atoms with Crippen molar-refractivity contribution in [3.8, 4) is 11.3 Å². The van der Waals surface area contributed by atoms with E-state index in [0.29, 0.717) is 17.5 Å². The fourth-order valence-electron chi connectivity index (χ4n) is 2.88. The highest BCUT2D eigenvalue weighted by atomic mass is 35.5. The summed E-state index contributed by atoms with van der Waals surface area (Å²) >= 11 is 6.03. The number of aromatic nitrogens is 3. The van der Waals surface area contributed by atoms with Gasteiger partial charge in [-0.15, -0.1) is 0 Å². The number of carbonyl (C=O) groups excluding carboxylic acids is 1.